The molecule has 0 saturated carbocycles. The van der Waals surface area contributed by atoms with Gasteiger partial charge in [-0.3, -0.25) is 10.1 Å². The molecule has 0 bridgehead atoms. The molecule has 0 aliphatic carbocycles. The molecule has 0 aliphatic heterocycles. The van der Waals surface area contributed by atoms with Crippen LogP contribution in [0.4, 0.5) is 0 Å². The topological polar surface area (TPSA) is 55.8 Å². The van der Waals surface area contributed by atoms with Crippen LogP contribution in [0.5, 0.6) is 0 Å². The van der Waals surface area contributed by atoms with Gasteiger partial charge < -0.3 is 4.74 Å². The van der Waals surface area contributed by atoms with Gasteiger partial charge in [-0.1, -0.05) is 45.4 Å². The first-order valence-electron chi connectivity index (χ1n) is 7.23. The third kappa shape index (κ3) is 13.5. The molecule has 0 amide bonds. The van der Waals surface area contributed by atoms with E-state index >= 15 is 0 Å². The third-order valence-electron chi connectivity index (χ3n) is 2.88. The lowest BCUT2D eigenvalue weighted by Crippen LogP contribution is -2.05. The average Bonchev–Trinajstić information content (AvgIpc) is 2.37. The van der Waals surface area contributed by atoms with Crippen molar-refractivity contribution >= 4 is 5.97 Å². The largest absolute Gasteiger partial charge is 0.466 e. The molecule has 0 aromatic carbocycles. The number of carbonyl (C=O) groups is 1. The number of rotatable bonds is 13. The molecule has 0 atom stereocenters. The number of ether oxygens (including phenoxy) is 1. The van der Waals surface area contributed by atoms with Crippen molar-refractivity contribution in [3.63, 3.8) is 0 Å². The second-order valence-corrected chi connectivity index (χ2v) is 4.63. The maximum absolute atomic E-state index is 11.3. The molecule has 0 heterocycles. The summed E-state index contributed by atoms with van der Waals surface area (Å²) in [5.74, 6) is -0.0523. The van der Waals surface area contributed by atoms with Gasteiger partial charge in [0.25, 0.3) is 0 Å². The fourth-order valence-electron chi connectivity index (χ4n) is 1.72. The van der Waals surface area contributed by atoms with E-state index < -0.39 is 0 Å². The van der Waals surface area contributed by atoms with Crippen molar-refractivity contribution in [2.24, 2.45) is 0 Å². The first kappa shape index (κ1) is 17.4. The van der Waals surface area contributed by atoms with E-state index in [4.69, 9.17) is 9.99 Å². The molecule has 0 fully saturated rings. The van der Waals surface area contributed by atoms with Gasteiger partial charge >= 0.3 is 5.97 Å². The fourth-order valence-corrected chi connectivity index (χ4v) is 1.72. The maximum atomic E-state index is 11.3. The van der Waals surface area contributed by atoms with Gasteiger partial charge in [-0.2, -0.15) is 0 Å². The lowest BCUT2D eigenvalue weighted by Gasteiger charge is -2.04. The summed E-state index contributed by atoms with van der Waals surface area (Å²) in [6.45, 7) is 3.09. The minimum absolute atomic E-state index is 0.0523. The summed E-state index contributed by atoms with van der Waals surface area (Å²) in [6.07, 6.45) is 10.2. The number of hydrogen-bond donors (Lipinski definition) is 1. The van der Waals surface area contributed by atoms with Crippen LogP contribution in [0, 0.1) is 0 Å². The van der Waals surface area contributed by atoms with Crippen molar-refractivity contribution in [2.45, 2.75) is 71.1 Å². The van der Waals surface area contributed by atoms with Crippen LogP contribution in [0.15, 0.2) is 0 Å². The van der Waals surface area contributed by atoms with Crippen LogP contribution >= 0.6 is 0 Å². The highest BCUT2D eigenvalue weighted by Gasteiger charge is 2.01. The first-order chi connectivity index (χ1) is 8.81. The summed E-state index contributed by atoms with van der Waals surface area (Å²) < 4.78 is 5.08. The van der Waals surface area contributed by atoms with E-state index in [0.29, 0.717) is 19.6 Å². The molecule has 0 aromatic rings. The average molecular weight is 260 g/mol. The summed E-state index contributed by atoms with van der Waals surface area (Å²) in [6, 6.07) is 0. The highest BCUT2D eigenvalue weighted by atomic mass is 17.1. The predicted octanol–water partition coefficient (Wildman–Crippen LogP) is 3.94. The van der Waals surface area contributed by atoms with Gasteiger partial charge in [-0.25, -0.2) is 4.89 Å². The van der Waals surface area contributed by atoms with Crippen LogP contribution in [0.2, 0.25) is 0 Å². The van der Waals surface area contributed by atoms with Crippen LogP contribution in [-0.2, 0) is 14.4 Å². The molecule has 0 aromatic heterocycles. The molecule has 108 valence electrons. The minimum Gasteiger partial charge on any atom is -0.466 e. The van der Waals surface area contributed by atoms with Crippen LogP contribution in [0.1, 0.15) is 71.1 Å². The number of unbranched alkanes of at least 4 members (excludes halogenated alkanes) is 7. The predicted molar refractivity (Wildman–Crippen MR) is 71.4 cm³/mol. The van der Waals surface area contributed by atoms with Crippen LogP contribution in [0.25, 0.3) is 0 Å². The Hall–Kier alpha value is -0.610. The van der Waals surface area contributed by atoms with Crippen molar-refractivity contribution in [3.05, 3.63) is 0 Å². The van der Waals surface area contributed by atoms with Gasteiger partial charge in [0.15, 0.2) is 0 Å². The van der Waals surface area contributed by atoms with Crippen LogP contribution in [-0.4, -0.2) is 24.4 Å². The lowest BCUT2D eigenvalue weighted by molar-refractivity contribution is -0.242. The first-order valence-corrected chi connectivity index (χ1v) is 7.23. The molecule has 18 heavy (non-hydrogen) atoms. The molecule has 0 spiro atoms. The minimum atomic E-state index is -0.0523. The summed E-state index contributed by atoms with van der Waals surface area (Å²) in [4.78, 5) is 15.3. The summed E-state index contributed by atoms with van der Waals surface area (Å²) in [7, 11) is 0. The van der Waals surface area contributed by atoms with E-state index in [1.807, 2.05) is 0 Å². The zero-order valence-corrected chi connectivity index (χ0v) is 11.7. The molecule has 0 radical (unpaired) electrons. The second-order valence-electron chi connectivity index (χ2n) is 4.63. The number of carbonyl (C=O) groups excluding carboxylic acids is 1. The van der Waals surface area contributed by atoms with Crippen molar-refractivity contribution in [3.8, 4) is 0 Å². The Labute approximate surface area is 111 Å². The Balaban J connectivity index is 3.08. The molecular weight excluding hydrogens is 232 g/mol. The van der Waals surface area contributed by atoms with E-state index in [9.17, 15) is 4.79 Å². The Morgan fingerprint density at radius 3 is 2.11 bits per heavy atom. The number of esters is 1. The third-order valence-corrected chi connectivity index (χ3v) is 2.88. The van der Waals surface area contributed by atoms with E-state index in [2.05, 4.69) is 11.8 Å². The highest BCUT2D eigenvalue weighted by Crippen LogP contribution is 2.09. The fraction of sp³-hybridized carbons (Fsp3) is 0.929. The van der Waals surface area contributed by atoms with E-state index in [1.54, 1.807) is 0 Å². The Morgan fingerprint density at radius 1 is 0.889 bits per heavy atom. The van der Waals surface area contributed by atoms with Crippen molar-refractivity contribution in [2.75, 3.05) is 13.2 Å². The lowest BCUT2D eigenvalue weighted by atomic mass is 10.1. The molecule has 0 unspecified atom stereocenters. The SMILES string of the molecule is CCCCOC(=O)CCCCCCCCCOO. The van der Waals surface area contributed by atoms with Gasteiger partial charge in [0.1, 0.15) is 0 Å². The zero-order chi connectivity index (χ0) is 13.5. The normalized spacial score (nSPS) is 10.6. The van der Waals surface area contributed by atoms with Crippen molar-refractivity contribution in [1.29, 1.82) is 0 Å². The monoisotopic (exact) mass is 260 g/mol. The van der Waals surface area contributed by atoms with Crippen molar-refractivity contribution in [1.82, 2.24) is 0 Å². The summed E-state index contributed by atoms with van der Waals surface area (Å²) in [5.41, 5.74) is 0. The Morgan fingerprint density at radius 2 is 1.50 bits per heavy atom. The van der Waals surface area contributed by atoms with Crippen LogP contribution in [0.3, 0.4) is 0 Å². The zero-order valence-electron chi connectivity index (χ0n) is 11.7. The van der Waals surface area contributed by atoms with E-state index in [1.165, 1.54) is 19.3 Å². The van der Waals surface area contributed by atoms with Gasteiger partial charge in [0.2, 0.25) is 0 Å². The molecule has 0 rings (SSSR count). The Kier molecular flexibility index (Phi) is 14.0. The molecule has 4 nitrogen and oxygen atoms in total. The van der Waals surface area contributed by atoms with Crippen molar-refractivity contribution < 1.29 is 19.7 Å². The maximum Gasteiger partial charge on any atom is 0.305 e. The summed E-state index contributed by atoms with van der Waals surface area (Å²) in [5, 5.41) is 8.12. The quantitative estimate of drug-likeness (QED) is 0.236. The molecule has 0 aliphatic rings. The van der Waals surface area contributed by atoms with Gasteiger partial charge in [0, 0.05) is 6.42 Å². The van der Waals surface area contributed by atoms with Gasteiger partial charge in [-0.05, 0) is 19.3 Å². The smallest absolute Gasteiger partial charge is 0.305 e. The summed E-state index contributed by atoms with van der Waals surface area (Å²) >= 11 is 0. The van der Waals surface area contributed by atoms with Crippen LogP contribution < -0.4 is 0 Å². The van der Waals surface area contributed by atoms with Gasteiger partial charge in [-0.15, -0.1) is 0 Å². The second kappa shape index (κ2) is 14.5. The standard InChI is InChI=1S/C14H28O4/c1-2-3-12-17-14(15)11-9-7-5-4-6-8-10-13-18-16/h16H,2-13H2,1H3. The molecular formula is C14H28O4. The Bertz CT molecular complexity index is 183. The molecule has 0 saturated heterocycles. The number of hydrogen-bond acceptors (Lipinski definition) is 4. The molecule has 4 heteroatoms. The van der Waals surface area contributed by atoms with E-state index in [-0.39, 0.29) is 5.97 Å². The highest BCUT2D eigenvalue weighted by molar-refractivity contribution is 5.69. The molecule has 1 N–H and O–H groups in total. The van der Waals surface area contributed by atoms with Gasteiger partial charge in [0.05, 0.1) is 13.2 Å². The van der Waals surface area contributed by atoms with E-state index in [0.717, 1.165) is 38.5 Å².